The molecule has 0 radical (unpaired) electrons. The van der Waals surface area contributed by atoms with Crippen molar-refractivity contribution in [3.8, 4) is 16.9 Å². The normalized spacial score (nSPS) is 10.0. The topological polar surface area (TPSA) is 55.4 Å². The van der Waals surface area contributed by atoms with Crippen LogP contribution in [0.3, 0.4) is 0 Å². The van der Waals surface area contributed by atoms with E-state index in [4.69, 9.17) is 4.74 Å². The second-order valence-electron chi connectivity index (χ2n) is 4.79. The number of amides is 1. The van der Waals surface area contributed by atoms with Gasteiger partial charge in [0.15, 0.2) is 0 Å². The summed E-state index contributed by atoms with van der Waals surface area (Å²) in [4.78, 5) is 22.6. The van der Waals surface area contributed by atoms with Gasteiger partial charge in [-0.2, -0.15) is 0 Å². The molecule has 2 aromatic carbocycles. The molecule has 4 nitrogen and oxygen atoms in total. The summed E-state index contributed by atoms with van der Waals surface area (Å²) in [6.45, 7) is 4.60. The van der Waals surface area contributed by atoms with E-state index >= 15 is 0 Å². The van der Waals surface area contributed by atoms with Gasteiger partial charge in [-0.25, -0.2) is 0 Å². The first kappa shape index (κ1) is 14.8. The largest absolute Gasteiger partial charge is 0.426 e. The summed E-state index contributed by atoms with van der Waals surface area (Å²) in [7, 11) is 0. The van der Waals surface area contributed by atoms with Crippen LogP contribution in [0.25, 0.3) is 11.1 Å². The molecule has 4 heteroatoms. The highest BCUT2D eigenvalue weighted by molar-refractivity contribution is 5.91. The van der Waals surface area contributed by atoms with Crippen LogP contribution in [0, 0.1) is 6.92 Å². The van der Waals surface area contributed by atoms with Gasteiger partial charge in [0.2, 0.25) is 5.91 Å². The highest BCUT2D eigenvalue weighted by atomic mass is 16.5. The summed E-state index contributed by atoms with van der Waals surface area (Å²) >= 11 is 0. The zero-order chi connectivity index (χ0) is 15.4. The van der Waals surface area contributed by atoms with Crippen molar-refractivity contribution in [2.24, 2.45) is 0 Å². The number of anilines is 1. The van der Waals surface area contributed by atoms with Crippen LogP contribution in [-0.4, -0.2) is 11.9 Å². The molecule has 0 saturated heterocycles. The van der Waals surface area contributed by atoms with E-state index in [0.29, 0.717) is 11.4 Å². The predicted molar refractivity (Wildman–Crippen MR) is 82.2 cm³/mol. The molecule has 0 bridgehead atoms. The van der Waals surface area contributed by atoms with E-state index in [9.17, 15) is 9.59 Å². The molecule has 0 fully saturated rings. The maximum absolute atomic E-state index is 11.3. The fourth-order valence-corrected chi connectivity index (χ4v) is 2.07. The summed E-state index contributed by atoms with van der Waals surface area (Å²) in [5, 5.41) is 2.77. The maximum atomic E-state index is 11.3. The van der Waals surface area contributed by atoms with Crippen molar-refractivity contribution in [2.75, 3.05) is 5.32 Å². The van der Waals surface area contributed by atoms with Crippen LogP contribution in [0.1, 0.15) is 19.4 Å². The van der Waals surface area contributed by atoms with Crippen LogP contribution in [-0.2, 0) is 9.59 Å². The van der Waals surface area contributed by atoms with Gasteiger partial charge in [-0.3, -0.25) is 9.59 Å². The molecule has 108 valence electrons. The lowest BCUT2D eigenvalue weighted by Crippen LogP contribution is -2.09. The van der Waals surface area contributed by atoms with Crippen molar-refractivity contribution >= 4 is 17.6 Å². The van der Waals surface area contributed by atoms with Gasteiger partial charge in [-0.15, -0.1) is 0 Å². The molecule has 0 spiro atoms. The molecule has 0 heterocycles. The molecule has 1 amide bonds. The van der Waals surface area contributed by atoms with Crippen LogP contribution < -0.4 is 10.1 Å². The SMILES string of the molecule is CC(=O)Nc1cc(-c2ccccc2)cc(OC(C)=O)c1C. The van der Waals surface area contributed by atoms with Crippen molar-refractivity contribution < 1.29 is 14.3 Å². The van der Waals surface area contributed by atoms with Gasteiger partial charge in [0, 0.05) is 25.1 Å². The first-order valence-corrected chi connectivity index (χ1v) is 6.63. The van der Waals surface area contributed by atoms with Gasteiger partial charge in [0.05, 0.1) is 0 Å². The summed E-state index contributed by atoms with van der Waals surface area (Å²) in [6.07, 6.45) is 0. The molecular formula is C17H17NO3. The van der Waals surface area contributed by atoms with Gasteiger partial charge < -0.3 is 10.1 Å². The van der Waals surface area contributed by atoms with Crippen molar-refractivity contribution in [3.63, 3.8) is 0 Å². The minimum absolute atomic E-state index is 0.169. The Hall–Kier alpha value is -2.62. The second-order valence-corrected chi connectivity index (χ2v) is 4.79. The fourth-order valence-electron chi connectivity index (χ4n) is 2.07. The smallest absolute Gasteiger partial charge is 0.308 e. The Bertz CT molecular complexity index is 641. The zero-order valence-corrected chi connectivity index (χ0v) is 12.3. The van der Waals surface area contributed by atoms with E-state index in [1.807, 2.05) is 36.4 Å². The Morgan fingerprint density at radius 3 is 2.24 bits per heavy atom. The number of nitrogens with one attached hydrogen (secondary N) is 1. The van der Waals surface area contributed by atoms with Crippen molar-refractivity contribution in [2.45, 2.75) is 20.8 Å². The van der Waals surface area contributed by atoms with Gasteiger partial charge >= 0.3 is 5.97 Å². The fraction of sp³-hybridized carbons (Fsp3) is 0.176. The summed E-state index contributed by atoms with van der Waals surface area (Å²) in [5.74, 6) is -0.109. The molecule has 0 aliphatic carbocycles. The van der Waals surface area contributed by atoms with Crippen LogP contribution in [0.15, 0.2) is 42.5 Å². The third-order valence-electron chi connectivity index (χ3n) is 3.03. The maximum Gasteiger partial charge on any atom is 0.308 e. The number of hydrogen-bond donors (Lipinski definition) is 1. The van der Waals surface area contributed by atoms with E-state index in [2.05, 4.69) is 5.32 Å². The van der Waals surface area contributed by atoms with E-state index in [1.54, 1.807) is 13.0 Å². The van der Waals surface area contributed by atoms with Crippen molar-refractivity contribution in [1.29, 1.82) is 0 Å². The highest BCUT2D eigenvalue weighted by Crippen LogP contribution is 2.33. The molecule has 0 atom stereocenters. The number of hydrogen-bond acceptors (Lipinski definition) is 3. The Morgan fingerprint density at radius 1 is 1.00 bits per heavy atom. The second kappa shape index (κ2) is 6.22. The molecule has 2 aromatic rings. The van der Waals surface area contributed by atoms with Gasteiger partial charge in [-0.1, -0.05) is 30.3 Å². The van der Waals surface area contributed by atoms with Crippen molar-refractivity contribution in [3.05, 3.63) is 48.0 Å². The lowest BCUT2D eigenvalue weighted by Gasteiger charge is -2.14. The minimum atomic E-state index is -0.392. The van der Waals surface area contributed by atoms with Crippen LogP contribution in [0.5, 0.6) is 5.75 Å². The lowest BCUT2D eigenvalue weighted by atomic mass is 10.0. The Labute approximate surface area is 123 Å². The molecule has 2 rings (SSSR count). The van der Waals surface area contributed by atoms with Crippen LogP contribution in [0.4, 0.5) is 5.69 Å². The van der Waals surface area contributed by atoms with Gasteiger partial charge in [0.25, 0.3) is 0 Å². The van der Waals surface area contributed by atoms with Gasteiger partial charge in [0.1, 0.15) is 5.75 Å². The van der Waals surface area contributed by atoms with Crippen LogP contribution in [0.2, 0.25) is 0 Å². The summed E-state index contributed by atoms with van der Waals surface area (Å²) in [6, 6.07) is 13.4. The molecule has 1 N–H and O–H groups in total. The average Bonchev–Trinajstić information content (AvgIpc) is 2.43. The third kappa shape index (κ3) is 3.69. The first-order valence-electron chi connectivity index (χ1n) is 6.63. The number of benzene rings is 2. The average molecular weight is 283 g/mol. The zero-order valence-electron chi connectivity index (χ0n) is 12.3. The van der Waals surface area contributed by atoms with Gasteiger partial charge in [-0.05, 0) is 30.2 Å². The van der Waals surface area contributed by atoms with E-state index < -0.39 is 5.97 Å². The van der Waals surface area contributed by atoms with Crippen LogP contribution >= 0.6 is 0 Å². The molecule has 0 aromatic heterocycles. The number of esters is 1. The molecular weight excluding hydrogens is 266 g/mol. The third-order valence-corrected chi connectivity index (χ3v) is 3.03. The molecule has 0 unspecified atom stereocenters. The molecule has 0 aliphatic heterocycles. The van der Waals surface area contributed by atoms with E-state index in [0.717, 1.165) is 16.7 Å². The monoisotopic (exact) mass is 283 g/mol. The molecule has 0 saturated carbocycles. The molecule has 21 heavy (non-hydrogen) atoms. The first-order chi connectivity index (χ1) is 9.97. The number of carbonyl (C=O) groups is 2. The summed E-state index contributed by atoms with van der Waals surface area (Å²) in [5.41, 5.74) is 3.22. The molecule has 0 aliphatic rings. The van der Waals surface area contributed by atoms with E-state index in [1.165, 1.54) is 13.8 Å². The number of rotatable bonds is 3. The Kier molecular flexibility index (Phi) is 4.38. The number of carbonyl (C=O) groups excluding carboxylic acids is 2. The Morgan fingerprint density at radius 2 is 1.67 bits per heavy atom. The number of ether oxygens (including phenoxy) is 1. The quantitative estimate of drug-likeness (QED) is 0.692. The lowest BCUT2D eigenvalue weighted by molar-refractivity contribution is -0.131. The highest BCUT2D eigenvalue weighted by Gasteiger charge is 2.12. The standard InChI is InChI=1S/C17H17NO3/c1-11-16(18-12(2)19)9-15(10-17(11)21-13(3)20)14-7-5-4-6-8-14/h4-10H,1-3H3,(H,18,19). The van der Waals surface area contributed by atoms with E-state index in [-0.39, 0.29) is 5.91 Å². The van der Waals surface area contributed by atoms with Crippen molar-refractivity contribution in [1.82, 2.24) is 0 Å². The Balaban J connectivity index is 2.55. The summed E-state index contributed by atoms with van der Waals surface area (Å²) < 4.78 is 5.24. The predicted octanol–water partition coefficient (Wildman–Crippen LogP) is 3.55. The minimum Gasteiger partial charge on any atom is -0.426 e.